The molecule has 1 rings (SSSR count). The quantitative estimate of drug-likeness (QED) is 0.241. The number of nitrogens with zero attached hydrogens (tertiary/aromatic N) is 3. The van der Waals surface area contributed by atoms with Gasteiger partial charge in [-0.1, -0.05) is 66.3 Å². The Balaban J connectivity index is 2.59. The van der Waals surface area contributed by atoms with Gasteiger partial charge in [-0.3, -0.25) is 4.79 Å². The first kappa shape index (κ1) is 14.2. The van der Waals surface area contributed by atoms with Gasteiger partial charge in [0.2, 0.25) is 0 Å². The highest BCUT2D eigenvalue weighted by Crippen LogP contribution is 2.13. The average molecular weight is 251 g/mol. The van der Waals surface area contributed by atoms with Crippen LogP contribution in [0.15, 0.2) is 72.4 Å². The molecule has 0 spiro atoms. The van der Waals surface area contributed by atoms with Crippen molar-refractivity contribution in [2.45, 2.75) is 0 Å². The highest BCUT2D eigenvalue weighted by Gasteiger charge is 1.88. The number of hydrogen-bond donors (Lipinski definition) is 0. The van der Waals surface area contributed by atoms with Crippen molar-refractivity contribution in [1.82, 2.24) is 0 Å². The Labute approximate surface area is 111 Å². The van der Waals surface area contributed by atoms with E-state index in [1.54, 1.807) is 36.4 Å². The van der Waals surface area contributed by atoms with Crippen molar-refractivity contribution in [3.63, 3.8) is 0 Å². The van der Waals surface area contributed by atoms with E-state index in [1.807, 2.05) is 18.2 Å². The summed E-state index contributed by atoms with van der Waals surface area (Å²) in [4.78, 5) is 13.9. The lowest BCUT2D eigenvalue weighted by molar-refractivity contribution is -0.110. The first-order valence-electron chi connectivity index (χ1n) is 5.59. The second kappa shape index (κ2) is 8.28. The van der Waals surface area contributed by atoms with Crippen LogP contribution in [0.3, 0.4) is 0 Å². The van der Waals surface area contributed by atoms with Gasteiger partial charge in [0, 0.05) is 10.6 Å². The predicted molar refractivity (Wildman–Crippen MR) is 77.8 cm³/mol. The largest absolute Gasteiger partial charge is 0.290 e. The van der Waals surface area contributed by atoms with Crippen LogP contribution in [0.5, 0.6) is 0 Å². The standard InChI is InChI=1S/C15H13N3O/c1-2-3-7-15(19)8-5-4-6-13-9-11-14(12-10-13)17-18-16/h2-12H,1H2. The van der Waals surface area contributed by atoms with E-state index in [4.69, 9.17) is 5.53 Å². The number of carbonyl (C=O) groups excluding carboxylic acids is 1. The van der Waals surface area contributed by atoms with Crippen molar-refractivity contribution >= 4 is 17.5 Å². The fraction of sp³-hybridized carbons (Fsp3) is 0. The molecule has 0 aliphatic carbocycles. The van der Waals surface area contributed by atoms with Crippen molar-refractivity contribution in [1.29, 1.82) is 0 Å². The summed E-state index contributed by atoms with van der Waals surface area (Å²) < 4.78 is 0. The third-order valence-electron chi connectivity index (χ3n) is 2.11. The number of ketones is 1. The Morgan fingerprint density at radius 1 is 1.16 bits per heavy atom. The van der Waals surface area contributed by atoms with E-state index in [2.05, 4.69) is 16.6 Å². The Hall–Kier alpha value is -2.84. The third-order valence-corrected chi connectivity index (χ3v) is 2.11. The molecule has 4 heteroatoms. The van der Waals surface area contributed by atoms with E-state index in [1.165, 1.54) is 12.2 Å². The van der Waals surface area contributed by atoms with Gasteiger partial charge in [0.05, 0.1) is 0 Å². The summed E-state index contributed by atoms with van der Waals surface area (Å²) in [5.74, 6) is -0.0942. The summed E-state index contributed by atoms with van der Waals surface area (Å²) in [5.41, 5.74) is 9.79. The normalized spacial score (nSPS) is 10.9. The van der Waals surface area contributed by atoms with Crippen LogP contribution >= 0.6 is 0 Å². The molecule has 0 aliphatic heterocycles. The van der Waals surface area contributed by atoms with Crippen LogP contribution in [-0.2, 0) is 4.79 Å². The van der Waals surface area contributed by atoms with Gasteiger partial charge in [0.1, 0.15) is 0 Å². The van der Waals surface area contributed by atoms with E-state index in [0.717, 1.165) is 5.56 Å². The van der Waals surface area contributed by atoms with E-state index < -0.39 is 0 Å². The van der Waals surface area contributed by atoms with Gasteiger partial charge in [-0.2, -0.15) is 0 Å². The number of azide groups is 1. The number of benzene rings is 1. The third kappa shape index (κ3) is 5.86. The molecule has 0 N–H and O–H groups in total. The fourth-order valence-corrected chi connectivity index (χ4v) is 1.24. The van der Waals surface area contributed by atoms with Gasteiger partial charge in [-0.05, 0) is 23.2 Å². The van der Waals surface area contributed by atoms with Gasteiger partial charge in [0.15, 0.2) is 5.78 Å². The smallest absolute Gasteiger partial charge is 0.178 e. The maximum atomic E-state index is 11.2. The van der Waals surface area contributed by atoms with Crippen LogP contribution < -0.4 is 0 Å². The van der Waals surface area contributed by atoms with Crippen molar-refractivity contribution in [2.75, 3.05) is 0 Å². The molecule has 0 atom stereocenters. The monoisotopic (exact) mass is 251 g/mol. The second-order valence-electron chi connectivity index (χ2n) is 3.50. The molecule has 0 aromatic heterocycles. The number of allylic oxidation sites excluding steroid dienone is 6. The van der Waals surface area contributed by atoms with Crippen LogP contribution in [-0.4, -0.2) is 5.78 Å². The van der Waals surface area contributed by atoms with Crippen LogP contribution in [0.4, 0.5) is 5.69 Å². The summed E-state index contributed by atoms with van der Waals surface area (Å²) >= 11 is 0. The molecular formula is C15H13N3O. The summed E-state index contributed by atoms with van der Waals surface area (Å²) in [6, 6.07) is 7.10. The molecule has 0 unspecified atom stereocenters. The first-order chi connectivity index (χ1) is 9.26. The Morgan fingerprint density at radius 2 is 1.84 bits per heavy atom. The topological polar surface area (TPSA) is 65.8 Å². The molecular weight excluding hydrogens is 238 g/mol. The molecule has 1 aromatic carbocycles. The highest BCUT2D eigenvalue weighted by molar-refractivity contribution is 5.99. The summed E-state index contributed by atoms with van der Waals surface area (Å²) in [5, 5.41) is 3.48. The Morgan fingerprint density at radius 3 is 2.47 bits per heavy atom. The Kier molecular flexibility index (Phi) is 6.20. The summed E-state index contributed by atoms with van der Waals surface area (Å²) in [7, 11) is 0. The maximum absolute atomic E-state index is 11.2. The van der Waals surface area contributed by atoms with E-state index >= 15 is 0 Å². The van der Waals surface area contributed by atoms with Gasteiger partial charge in [-0.25, -0.2) is 0 Å². The molecule has 19 heavy (non-hydrogen) atoms. The maximum Gasteiger partial charge on any atom is 0.178 e. The minimum atomic E-state index is -0.0942. The van der Waals surface area contributed by atoms with Crippen molar-refractivity contribution in [3.8, 4) is 0 Å². The van der Waals surface area contributed by atoms with Crippen LogP contribution in [0.1, 0.15) is 5.56 Å². The zero-order valence-corrected chi connectivity index (χ0v) is 10.3. The number of rotatable bonds is 6. The van der Waals surface area contributed by atoms with Crippen molar-refractivity contribution in [2.24, 2.45) is 5.11 Å². The molecule has 0 amide bonds. The molecule has 0 heterocycles. The van der Waals surface area contributed by atoms with Gasteiger partial charge in [-0.15, -0.1) is 0 Å². The zero-order valence-electron chi connectivity index (χ0n) is 10.3. The molecule has 0 saturated heterocycles. The first-order valence-corrected chi connectivity index (χ1v) is 5.59. The minimum Gasteiger partial charge on any atom is -0.290 e. The molecule has 0 bridgehead atoms. The SMILES string of the molecule is C=CC=CC(=O)C=CC=Cc1ccc(N=[N+]=[N-])cc1. The summed E-state index contributed by atoms with van der Waals surface area (Å²) in [6.07, 6.45) is 11.3. The average Bonchev–Trinajstić information content (AvgIpc) is 2.43. The molecule has 0 saturated carbocycles. The van der Waals surface area contributed by atoms with Gasteiger partial charge < -0.3 is 0 Å². The molecule has 4 nitrogen and oxygen atoms in total. The zero-order chi connectivity index (χ0) is 13.9. The van der Waals surface area contributed by atoms with Crippen LogP contribution in [0.2, 0.25) is 0 Å². The summed E-state index contributed by atoms with van der Waals surface area (Å²) in [6.45, 7) is 3.48. The minimum absolute atomic E-state index is 0.0942. The van der Waals surface area contributed by atoms with Gasteiger partial charge in [0.25, 0.3) is 0 Å². The predicted octanol–water partition coefficient (Wildman–Crippen LogP) is 4.51. The number of carbonyl (C=O) groups is 1. The molecule has 0 radical (unpaired) electrons. The molecule has 0 fully saturated rings. The van der Waals surface area contributed by atoms with E-state index in [-0.39, 0.29) is 5.78 Å². The van der Waals surface area contributed by atoms with E-state index in [0.29, 0.717) is 5.69 Å². The lowest BCUT2D eigenvalue weighted by Gasteiger charge is -1.93. The van der Waals surface area contributed by atoms with E-state index in [9.17, 15) is 4.79 Å². The van der Waals surface area contributed by atoms with Crippen molar-refractivity contribution < 1.29 is 4.79 Å². The second-order valence-corrected chi connectivity index (χ2v) is 3.50. The highest BCUT2D eigenvalue weighted by atomic mass is 16.1. The van der Waals surface area contributed by atoms with Crippen LogP contribution in [0, 0.1) is 0 Å². The number of hydrogen-bond acceptors (Lipinski definition) is 2. The van der Waals surface area contributed by atoms with Crippen molar-refractivity contribution in [3.05, 3.63) is 83.3 Å². The van der Waals surface area contributed by atoms with Crippen LogP contribution in [0.25, 0.3) is 16.5 Å². The lowest BCUT2D eigenvalue weighted by Crippen LogP contribution is -1.82. The molecule has 94 valence electrons. The Bertz CT molecular complexity index is 574. The fourth-order valence-electron chi connectivity index (χ4n) is 1.24. The van der Waals surface area contributed by atoms with Gasteiger partial charge >= 0.3 is 0 Å². The molecule has 0 aliphatic rings. The molecule has 1 aromatic rings. The lowest BCUT2D eigenvalue weighted by atomic mass is 10.2.